The van der Waals surface area contributed by atoms with Crippen LogP contribution in [0.3, 0.4) is 0 Å². The number of rotatable bonds is 3. The lowest BCUT2D eigenvalue weighted by Gasteiger charge is -2.22. The van der Waals surface area contributed by atoms with Crippen LogP contribution in [-0.4, -0.2) is 0 Å². The second-order valence-corrected chi connectivity index (χ2v) is 8.67. The van der Waals surface area contributed by atoms with Crippen molar-refractivity contribution >= 4 is 33.8 Å². The molecule has 4 aromatic rings. The molecule has 128 valence electrons. The summed E-state index contributed by atoms with van der Waals surface area (Å²) >= 11 is 0. The molecule has 0 aromatic heterocycles. The minimum absolute atomic E-state index is 0.0152. The fraction of sp³-hybridized carbons (Fsp3) is 0. The van der Waals surface area contributed by atoms with Gasteiger partial charge in [0.25, 0.3) is 0 Å². The third-order valence-electron chi connectivity index (χ3n) is 4.49. The molecule has 0 unspecified atom stereocenters. The van der Waals surface area contributed by atoms with Gasteiger partial charge in [0, 0.05) is 5.30 Å². The molecule has 0 spiro atoms. The monoisotopic (exact) mass is 364 g/mol. The first-order chi connectivity index (χ1) is 12.6. The lowest BCUT2D eigenvalue weighted by molar-refractivity contribution is 0.585. The van der Waals surface area contributed by atoms with Crippen molar-refractivity contribution in [2.45, 2.75) is 0 Å². The molecule has 4 heteroatoms. The topological polar surface area (TPSA) is 17.1 Å². The van der Waals surface area contributed by atoms with Gasteiger partial charge < -0.3 is 4.57 Å². The van der Waals surface area contributed by atoms with Crippen molar-refractivity contribution in [3.63, 3.8) is 0 Å². The molecule has 4 aromatic carbocycles. The summed E-state index contributed by atoms with van der Waals surface area (Å²) < 4.78 is 43.8. The van der Waals surface area contributed by atoms with Gasteiger partial charge in [-0.05, 0) is 35.0 Å². The van der Waals surface area contributed by atoms with E-state index < -0.39 is 18.8 Å². The van der Waals surface area contributed by atoms with E-state index in [4.69, 9.17) is 0 Å². The van der Waals surface area contributed by atoms with Crippen molar-refractivity contribution in [2.24, 2.45) is 0 Å². The van der Waals surface area contributed by atoms with Crippen LogP contribution in [0.4, 0.5) is 8.78 Å². The van der Waals surface area contributed by atoms with E-state index in [1.54, 1.807) is 24.3 Å². The number of hydrogen-bond donors (Lipinski definition) is 0. The maximum Gasteiger partial charge on any atom is 0.177 e. The highest BCUT2D eigenvalue weighted by atomic mass is 31.2. The van der Waals surface area contributed by atoms with Crippen LogP contribution in [0.25, 0.3) is 10.8 Å². The Morgan fingerprint density at radius 2 is 1.00 bits per heavy atom. The average Bonchev–Trinajstić information content (AvgIpc) is 2.68. The molecule has 0 atom stereocenters. The van der Waals surface area contributed by atoms with E-state index in [9.17, 15) is 13.3 Å². The van der Waals surface area contributed by atoms with Crippen LogP contribution in [0.1, 0.15) is 0 Å². The van der Waals surface area contributed by atoms with E-state index in [1.807, 2.05) is 30.3 Å². The zero-order chi connectivity index (χ0) is 18.1. The Bertz CT molecular complexity index is 1100. The summed E-state index contributed by atoms with van der Waals surface area (Å²) in [5, 5.41) is 2.07. The van der Waals surface area contributed by atoms with E-state index in [2.05, 4.69) is 0 Å². The second kappa shape index (κ2) is 6.51. The Morgan fingerprint density at radius 1 is 0.538 bits per heavy atom. The quantitative estimate of drug-likeness (QED) is 0.479. The van der Waals surface area contributed by atoms with Gasteiger partial charge in [-0.25, -0.2) is 8.78 Å². The molecule has 0 bridgehead atoms. The van der Waals surface area contributed by atoms with Crippen molar-refractivity contribution in [3.8, 4) is 0 Å². The molecule has 4 rings (SSSR count). The van der Waals surface area contributed by atoms with Gasteiger partial charge in [-0.1, -0.05) is 66.7 Å². The lowest BCUT2D eigenvalue weighted by atomic mass is 10.1. The van der Waals surface area contributed by atoms with Crippen LogP contribution in [0.15, 0.2) is 91.0 Å². The predicted molar refractivity (Wildman–Crippen MR) is 103 cm³/mol. The first kappa shape index (κ1) is 16.7. The highest BCUT2D eigenvalue weighted by Crippen LogP contribution is 2.45. The zero-order valence-electron chi connectivity index (χ0n) is 13.8. The fourth-order valence-corrected chi connectivity index (χ4v) is 6.25. The summed E-state index contributed by atoms with van der Waals surface area (Å²) in [6, 6.07) is 24.6. The molecule has 0 aliphatic rings. The summed E-state index contributed by atoms with van der Waals surface area (Å²) in [7, 11) is -3.75. The Hall–Kier alpha value is -2.77. The molecule has 0 amide bonds. The first-order valence-electron chi connectivity index (χ1n) is 8.21. The van der Waals surface area contributed by atoms with Gasteiger partial charge in [0.2, 0.25) is 0 Å². The highest BCUT2D eigenvalue weighted by Gasteiger charge is 2.35. The maximum absolute atomic E-state index is 14.7. The molecular formula is C22H15F2OP. The third-order valence-corrected chi connectivity index (χ3v) is 7.64. The summed E-state index contributed by atoms with van der Waals surface area (Å²) in [5.74, 6) is -1.21. The van der Waals surface area contributed by atoms with Crippen LogP contribution >= 0.6 is 7.14 Å². The molecule has 0 saturated heterocycles. The molecule has 26 heavy (non-hydrogen) atoms. The normalized spacial score (nSPS) is 11.6. The molecule has 0 saturated carbocycles. The largest absolute Gasteiger partial charge is 0.308 e. The van der Waals surface area contributed by atoms with Gasteiger partial charge in [-0.2, -0.15) is 0 Å². The number of fused-ring (bicyclic) bond motifs is 1. The number of benzene rings is 4. The molecule has 0 heterocycles. The van der Waals surface area contributed by atoms with Gasteiger partial charge in [0.15, 0.2) is 7.14 Å². The smallest absolute Gasteiger partial charge is 0.177 e. The van der Waals surface area contributed by atoms with Crippen LogP contribution in [0.2, 0.25) is 0 Å². The maximum atomic E-state index is 14.7. The first-order valence-corrected chi connectivity index (χ1v) is 9.91. The number of hydrogen-bond acceptors (Lipinski definition) is 1. The van der Waals surface area contributed by atoms with Crippen molar-refractivity contribution in [3.05, 3.63) is 103 Å². The van der Waals surface area contributed by atoms with Crippen molar-refractivity contribution in [1.82, 2.24) is 0 Å². The summed E-state index contributed by atoms with van der Waals surface area (Å²) in [5.41, 5.74) is 0. The van der Waals surface area contributed by atoms with E-state index >= 15 is 0 Å². The Kier molecular flexibility index (Phi) is 4.18. The van der Waals surface area contributed by atoms with Crippen molar-refractivity contribution in [1.29, 1.82) is 0 Å². The summed E-state index contributed by atoms with van der Waals surface area (Å²) in [4.78, 5) is 0. The Morgan fingerprint density at radius 3 is 1.62 bits per heavy atom. The van der Waals surface area contributed by atoms with E-state index in [0.717, 1.165) is 10.8 Å². The predicted octanol–water partition coefficient (Wildman–Crippen LogP) is 4.76. The van der Waals surface area contributed by atoms with Crippen LogP contribution in [0, 0.1) is 11.6 Å². The molecule has 0 N–H and O–H groups in total. The van der Waals surface area contributed by atoms with E-state index in [1.165, 1.54) is 36.4 Å². The molecule has 0 aliphatic heterocycles. The van der Waals surface area contributed by atoms with Crippen molar-refractivity contribution in [2.75, 3.05) is 0 Å². The summed E-state index contributed by atoms with van der Waals surface area (Å²) in [6.45, 7) is 0. The van der Waals surface area contributed by atoms with Gasteiger partial charge >= 0.3 is 0 Å². The van der Waals surface area contributed by atoms with Gasteiger partial charge in [0.1, 0.15) is 11.6 Å². The van der Waals surface area contributed by atoms with Crippen LogP contribution in [0.5, 0.6) is 0 Å². The third kappa shape index (κ3) is 2.56. The van der Waals surface area contributed by atoms with Crippen LogP contribution in [-0.2, 0) is 4.57 Å². The fourth-order valence-electron chi connectivity index (χ4n) is 3.29. The van der Waals surface area contributed by atoms with Crippen molar-refractivity contribution < 1.29 is 13.3 Å². The summed E-state index contributed by atoms with van der Waals surface area (Å²) in [6.07, 6.45) is 0. The SMILES string of the molecule is O=P(c1ccccc1F)(c1ccccc1F)c1cccc2ccccc12. The van der Waals surface area contributed by atoms with E-state index in [-0.39, 0.29) is 10.6 Å². The Balaban J connectivity index is 2.15. The molecule has 0 radical (unpaired) electrons. The van der Waals surface area contributed by atoms with Crippen LogP contribution < -0.4 is 15.9 Å². The standard InChI is InChI=1S/C22H15F2OP/c23-18-11-3-5-13-21(18)26(25,22-14-6-4-12-19(22)24)20-15-7-9-16-8-1-2-10-17(16)20/h1-15H. The average molecular weight is 364 g/mol. The molecule has 1 nitrogen and oxygen atoms in total. The van der Waals surface area contributed by atoms with Gasteiger partial charge in [-0.15, -0.1) is 0 Å². The van der Waals surface area contributed by atoms with E-state index in [0.29, 0.717) is 5.30 Å². The minimum atomic E-state index is -3.75. The Labute approximate surface area is 150 Å². The second-order valence-electron chi connectivity index (χ2n) is 6.01. The molecular weight excluding hydrogens is 349 g/mol. The van der Waals surface area contributed by atoms with Gasteiger partial charge in [0.05, 0.1) is 10.6 Å². The van der Waals surface area contributed by atoms with Gasteiger partial charge in [-0.3, -0.25) is 0 Å². The number of halogens is 2. The molecule has 0 aliphatic carbocycles. The minimum Gasteiger partial charge on any atom is -0.308 e. The molecule has 0 fully saturated rings. The highest BCUT2D eigenvalue weighted by molar-refractivity contribution is 7.85. The zero-order valence-corrected chi connectivity index (χ0v) is 14.7. The lowest BCUT2D eigenvalue weighted by Crippen LogP contribution is -2.29.